The van der Waals surface area contributed by atoms with E-state index in [1.54, 1.807) is 22.7 Å². The van der Waals surface area contributed by atoms with E-state index in [1.165, 1.54) is 24.9 Å². The quantitative estimate of drug-likeness (QED) is 0.182. The first-order valence-electron chi connectivity index (χ1n) is 16.5. The van der Waals surface area contributed by atoms with Crippen molar-refractivity contribution in [1.29, 1.82) is 0 Å². The first-order chi connectivity index (χ1) is 24.8. The highest BCUT2D eigenvalue weighted by Crippen LogP contribution is 2.43. The zero-order chi connectivity index (χ0) is 33.0. The summed E-state index contributed by atoms with van der Waals surface area (Å²) in [5.74, 6) is 1.44. The molecule has 4 aromatic heterocycles. The van der Waals surface area contributed by atoms with Crippen LogP contribution in [0, 0.1) is 0 Å². The lowest BCUT2D eigenvalue weighted by Gasteiger charge is -2.10. The normalized spacial score (nSPS) is 11.6. The molecular weight excluding hydrogens is 649 g/mol. The van der Waals surface area contributed by atoms with E-state index in [2.05, 4.69) is 127 Å². The molecule has 0 amide bonds. The second-order valence-electron chi connectivity index (χ2n) is 12.2. The molecule has 0 saturated heterocycles. The van der Waals surface area contributed by atoms with Crippen LogP contribution in [0.4, 0.5) is 0 Å². The van der Waals surface area contributed by atoms with Crippen molar-refractivity contribution in [3.63, 3.8) is 0 Å². The summed E-state index contributed by atoms with van der Waals surface area (Å²) < 4.78 is 4.71. The van der Waals surface area contributed by atoms with Crippen LogP contribution in [0.5, 0.6) is 0 Å². The van der Waals surface area contributed by atoms with Gasteiger partial charge in [0.05, 0.1) is 27.3 Å². The number of hydrogen-bond acceptors (Lipinski definition) is 6. The Morgan fingerprint density at radius 1 is 0.360 bits per heavy atom. The van der Waals surface area contributed by atoms with Crippen LogP contribution in [0.1, 0.15) is 0 Å². The Balaban J connectivity index is 1.15. The van der Waals surface area contributed by atoms with Crippen LogP contribution in [-0.2, 0) is 0 Å². The van der Waals surface area contributed by atoms with Gasteiger partial charge in [-0.3, -0.25) is 0 Å². The fraction of sp³-hybridized carbons (Fsp3) is 0. The smallest absolute Gasteiger partial charge is 0.160 e. The fourth-order valence-electron chi connectivity index (χ4n) is 6.71. The van der Waals surface area contributed by atoms with Crippen LogP contribution in [-0.4, -0.2) is 19.9 Å². The molecule has 234 valence electrons. The van der Waals surface area contributed by atoms with Gasteiger partial charge in [0.15, 0.2) is 11.6 Å². The van der Waals surface area contributed by atoms with E-state index in [0.717, 1.165) is 66.3 Å². The lowest BCUT2D eigenvalue weighted by Crippen LogP contribution is -1.95. The monoisotopic (exact) mass is 674 g/mol. The van der Waals surface area contributed by atoms with Crippen molar-refractivity contribution < 1.29 is 0 Å². The minimum Gasteiger partial charge on any atom is -0.228 e. The van der Waals surface area contributed by atoms with Crippen molar-refractivity contribution in [2.24, 2.45) is 0 Å². The maximum atomic E-state index is 5.23. The number of rotatable bonds is 5. The molecule has 50 heavy (non-hydrogen) atoms. The standard InChI is InChI=1S/C44H26N4S2/c1-4-13-27(14-5-1)35-26-36(46-43(45-35)29-17-8-3-9-18-29)33-21-12-20-32-31-24-23-30(25-38(31)50-41(32)33)44-47-39(28-15-6-2-7-16-28)42-40(48-44)34-19-10-11-22-37(34)49-42/h1-26H. The number of hydrogen-bond donors (Lipinski definition) is 0. The maximum absolute atomic E-state index is 5.23. The maximum Gasteiger partial charge on any atom is 0.160 e. The molecule has 0 spiro atoms. The predicted octanol–water partition coefficient (Wildman–Crippen LogP) is 12.3. The van der Waals surface area contributed by atoms with Gasteiger partial charge in [-0.25, -0.2) is 19.9 Å². The number of aromatic nitrogens is 4. The predicted molar refractivity (Wildman–Crippen MR) is 211 cm³/mol. The van der Waals surface area contributed by atoms with E-state index in [1.807, 2.05) is 30.3 Å². The number of fused-ring (bicyclic) bond motifs is 6. The SMILES string of the molecule is c1ccc(-c2cc(-c3cccc4c3sc3cc(-c5nc(-c6ccccc6)c6sc7ccccc7c6n5)ccc34)nc(-c3ccccc3)n2)cc1. The lowest BCUT2D eigenvalue weighted by molar-refractivity contribution is 1.19. The largest absolute Gasteiger partial charge is 0.228 e. The summed E-state index contributed by atoms with van der Waals surface area (Å²) >= 11 is 3.55. The number of benzene rings is 6. The zero-order valence-electron chi connectivity index (χ0n) is 26.6. The summed E-state index contributed by atoms with van der Waals surface area (Å²) in [6.45, 7) is 0. The highest BCUT2D eigenvalue weighted by molar-refractivity contribution is 7.26. The topological polar surface area (TPSA) is 51.6 Å². The van der Waals surface area contributed by atoms with Crippen molar-refractivity contribution in [1.82, 2.24) is 19.9 Å². The molecule has 4 nitrogen and oxygen atoms in total. The zero-order valence-corrected chi connectivity index (χ0v) is 28.2. The molecule has 0 atom stereocenters. The average Bonchev–Trinajstić information content (AvgIpc) is 3.76. The molecule has 0 aliphatic carbocycles. The van der Waals surface area contributed by atoms with E-state index in [-0.39, 0.29) is 0 Å². The Morgan fingerprint density at radius 2 is 1.00 bits per heavy atom. The second kappa shape index (κ2) is 11.8. The van der Waals surface area contributed by atoms with Crippen molar-refractivity contribution in [3.8, 4) is 56.5 Å². The van der Waals surface area contributed by atoms with Crippen molar-refractivity contribution in [2.45, 2.75) is 0 Å². The van der Waals surface area contributed by atoms with Gasteiger partial charge in [-0.2, -0.15) is 0 Å². The first-order valence-corrected chi connectivity index (χ1v) is 18.1. The minimum absolute atomic E-state index is 0.713. The van der Waals surface area contributed by atoms with Gasteiger partial charge in [-0.15, -0.1) is 22.7 Å². The van der Waals surface area contributed by atoms with Crippen LogP contribution in [0.15, 0.2) is 158 Å². The van der Waals surface area contributed by atoms with Crippen LogP contribution in [0.2, 0.25) is 0 Å². The molecule has 0 radical (unpaired) electrons. The molecular formula is C44H26N4S2. The van der Waals surface area contributed by atoms with Gasteiger partial charge in [0.1, 0.15) is 0 Å². The van der Waals surface area contributed by atoms with Crippen LogP contribution in [0.3, 0.4) is 0 Å². The molecule has 0 unspecified atom stereocenters. The lowest BCUT2D eigenvalue weighted by atomic mass is 10.0. The fourth-order valence-corrected chi connectivity index (χ4v) is 9.13. The van der Waals surface area contributed by atoms with Gasteiger partial charge in [-0.1, -0.05) is 140 Å². The van der Waals surface area contributed by atoms with Crippen molar-refractivity contribution >= 4 is 63.1 Å². The third-order valence-corrected chi connectivity index (χ3v) is 11.5. The third kappa shape index (κ3) is 4.88. The Morgan fingerprint density at radius 3 is 1.80 bits per heavy atom. The summed E-state index contributed by atoms with van der Waals surface area (Å²) in [7, 11) is 0. The molecule has 0 saturated carbocycles. The van der Waals surface area contributed by atoms with Gasteiger partial charge in [0.25, 0.3) is 0 Å². The summed E-state index contributed by atoms with van der Waals surface area (Å²) in [6, 6.07) is 54.8. The van der Waals surface area contributed by atoms with E-state index in [4.69, 9.17) is 19.9 Å². The molecule has 6 aromatic carbocycles. The van der Waals surface area contributed by atoms with Crippen molar-refractivity contribution in [3.05, 3.63) is 158 Å². The van der Waals surface area contributed by atoms with Crippen LogP contribution >= 0.6 is 22.7 Å². The van der Waals surface area contributed by atoms with Gasteiger partial charge < -0.3 is 0 Å². The van der Waals surface area contributed by atoms with E-state index in [9.17, 15) is 0 Å². The molecule has 4 heterocycles. The van der Waals surface area contributed by atoms with E-state index < -0.39 is 0 Å². The summed E-state index contributed by atoms with van der Waals surface area (Å²) in [6.07, 6.45) is 0. The van der Waals surface area contributed by atoms with Gasteiger partial charge >= 0.3 is 0 Å². The molecule has 0 aliphatic rings. The first kappa shape index (κ1) is 28.9. The molecule has 0 aliphatic heterocycles. The highest BCUT2D eigenvalue weighted by atomic mass is 32.1. The van der Waals surface area contributed by atoms with E-state index in [0.29, 0.717) is 5.82 Å². The van der Waals surface area contributed by atoms with Crippen molar-refractivity contribution in [2.75, 3.05) is 0 Å². The molecule has 0 bridgehead atoms. The third-order valence-electron chi connectivity index (χ3n) is 9.13. The molecule has 0 fully saturated rings. The van der Waals surface area contributed by atoms with Gasteiger partial charge in [0.2, 0.25) is 0 Å². The Hall–Kier alpha value is -6.08. The summed E-state index contributed by atoms with van der Waals surface area (Å²) in [5, 5.41) is 3.58. The molecule has 6 heteroatoms. The summed E-state index contributed by atoms with van der Waals surface area (Å²) in [4.78, 5) is 20.6. The Bertz CT molecular complexity index is 2800. The van der Waals surface area contributed by atoms with E-state index >= 15 is 0 Å². The molecule has 10 aromatic rings. The Labute approximate surface area is 296 Å². The number of thiophene rings is 2. The second-order valence-corrected chi connectivity index (χ2v) is 14.3. The van der Waals surface area contributed by atoms with Gasteiger partial charge in [-0.05, 0) is 18.2 Å². The van der Waals surface area contributed by atoms with Gasteiger partial charge in [0, 0.05) is 58.1 Å². The van der Waals surface area contributed by atoms with Crippen LogP contribution in [0.25, 0.3) is 97.0 Å². The molecule has 10 rings (SSSR count). The number of nitrogens with zero attached hydrogens (tertiary/aromatic N) is 4. The molecule has 0 N–H and O–H groups in total. The minimum atomic E-state index is 0.713. The van der Waals surface area contributed by atoms with Crippen LogP contribution < -0.4 is 0 Å². The average molecular weight is 675 g/mol. The Kier molecular flexibility index (Phi) is 6.82. The highest BCUT2D eigenvalue weighted by Gasteiger charge is 2.19. The summed E-state index contributed by atoms with van der Waals surface area (Å²) in [5.41, 5.74) is 9.01.